The molecule has 0 saturated heterocycles. The average Bonchev–Trinajstić information content (AvgIpc) is 2.88. The van der Waals surface area contributed by atoms with Crippen LogP contribution in [0.5, 0.6) is 5.75 Å². The summed E-state index contributed by atoms with van der Waals surface area (Å²) in [5, 5.41) is 2.99. The lowest BCUT2D eigenvalue weighted by atomic mass is 10.0. The lowest BCUT2D eigenvalue weighted by Gasteiger charge is -2.31. The second-order valence-corrected chi connectivity index (χ2v) is 10.5. The highest BCUT2D eigenvalue weighted by Gasteiger charge is 2.30. The summed E-state index contributed by atoms with van der Waals surface area (Å²) < 4.78 is 7.91. The topological polar surface area (TPSA) is 58.6 Å². The van der Waals surface area contributed by atoms with Crippen LogP contribution in [0, 0.1) is 13.8 Å². The summed E-state index contributed by atoms with van der Waals surface area (Å²) in [6.07, 6.45) is 1.23. The zero-order chi connectivity index (χ0) is 26.1. The van der Waals surface area contributed by atoms with Gasteiger partial charge in [0.1, 0.15) is 11.8 Å². The molecule has 0 fully saturated rings. The van der Waals surface area contributed by atoms with Gasteiger partial charge in [0, 0.05) is 28.5 Å². The summed E-state index contributed by atoms with van der Waals surface area (Å²) in [4.78, 5) is 28.6. The molecule has 0 aliphatic carbocycles. The first-order chi connectivity index (χ1) is 17.3. The average molecular weight is 616 g/mol. The van der Waals surface area contributed by atoms with E-state index in [0.717, 1.165) is 37.6 Å². The highest BCUT2D eigenvalue weighted by atomic mass is 79.9. The second kappa shape index (κ2) is 13.6. The maximum atomic E-state index is 13.6. The van der Waals surface area contributed by atoms with Gasteiger partial charge in [-0.05, 0) is 66.8 Å². The van der Waals surface area contributed by atoms with Gasteiger partial charge in [-0.3, -0.25) is 9.59 Å². The van der Waals surface area contributed by atoms with Crippen molar-refractivity contribution in [1.82, 2.24) is 10.2 Å². The second-order valence-electron chi connectivity index (χ2n) is 8.80. The minimum atomic E-state index is -0.674. The van der Waals surface area contributed by atoms with Gasteiger partial charge >= 0.3 is 0 Å². The third-order valence-electron chi connectivity index (χ3n) is 5.86. The Hall–Kier alpha value is -2.64. The maximum Gasteiger partial charge on any atom is 0.261 e. The lowest BCUT2D eigenvalue weighted by molar-refractivity contribution is -0.142. The van der Waals surface area contributed by atoms with Crippen molar-refractivity contribution in [2.45, 2.75) is 46.2 Å². The molecule has 3 rings (SSSR count). The van der Waals surface area contributed by atoms with Crippen molar-refractivity contribution in [2.24, 2.45) is 0 Å². The minimum Gasteiger partial charge on any atom is -0.484 e. The number of nitrogens with one attached hydrogen (secondary N) is 1. The first-order valence-corrected chi connectivity index (χ1v) is 13.6. The Morgan fingerprint density at radius 2 is 1.58 bits per heavy atom. The first-order valence-electron chi connectivity index (χ1n) is 12.0. The lowest BCUT2D eigenvalue weighted by Crippen LogP contribution is -2.51. The fourth-order valence-electron chi connectivity index (χ4n) is 3.92. The van der Waals surface area contributed by atoms with E-state index >= 15 is 0 Å². The van der Waals surface area contributed by atoms with E-state index in [2.05, 4.69) is 37.2 Å². The van der Waals surface area contributed by atoms with Crippen LogP contribution in [-0.2, 0) is 22.6 Å². The van der Waals surface area contributed by atoms with Crippen LogP contribution in [0.2, 0.25) is 0 Å². The molecule has 1 atom stereocenters. The molecule has 5 nitrogen and oxygen atoms in total. The predicted octanol–water partition coefficient (Wildman–Crippen LogP) is 6.37. The van der Waals surface area contributed by atoms with Gasteiger partial charge in [0.15, 0.2) is 6.61 Å². The molecule has 0 aliphatic heterocycles. The van der Waals surface area contributed by atoms with Gasteiger partial charge in [-0.25, -0.2) is 0 Å². The first kappa shape index (κ1) is 27.9. The molecular formula is C29H32Br2N2O3. The third-order valence-corrected chi connectivity index (χ3v) is 7.64. The highest BCUT2D eigenvalue weighted by Crippen LogP contribution is 2.26. The molecule has 7 heteroatoms. The van der Waals surface area contributed by atoms with Crippen LogP contribution in [0.4, 0.5) is 0 Å². The van der Waals surface area contributed by atoms with Crippen molar-refractivity contribution in [1.29, 1.82) is 0 Å². The van der Waals surface area contributed by atoms with E-state index in [1.807, 2.05) is 87.5 Å². The van der Waals surface area contributed by atoms with Gasteiger partial charge in [0.2, 0.25) is 5.91 Å². The number of carbonyl (C=O) groups excluding carboxylic acids is 2. The van der Waals surface area contributed by atoms with Gasteiger partial charge < -0.3 is 15.0 Å². The van der Waals surface area contributed by atoms with Crippen LogP contribution in [0.3, 0.4) is 0 Å². The molecule has 1 N–H and O–H groups in total. The molecule has 0 bridgehead atoms. The number of hydrogen-bond donors (Lipinski definition) is 1. The van der Waals surface area contributed by atoms with E-state index < -0.39 is 6.04 Å². The molecule has 3 aromatic carbocycles. The molecule has 2 amide bonds. The Kier molecular flexibility index (Phi) is 10.6. The molecule has 36 heavy (non-hydrogen) atoms. The van der Waals surface area contributed by atoms with Crippen molar-refractivity contribution in [2.75, 3.05) is 13.2 Å². The van der Waals surface area contributed by atoms with Crippen molar-refractivity contribution >= 4 is 43.7 Å². The van der Waals surface area contributed by atoms with Gasteiger partial charge in [-0.15, -0.1) is 0 Å². The Morgan fingerprint density at radius 3 is 2.19 bits per heavy atom. The molecule has 0 spiro atoms. The molecule has 0 unspecified atom stereocenters. The molecule has 0 aliphatic rings. The number of rotatable bonds is 11. The summed E-state index contributed by atoms with van der Waals surface area (Å²) in [6.45, 7) is 6.67. The highest BCUT2D eigenvalue weighted by molar-refractivity contribution is 9.10. The molecule has 0 heterocycles. The number of ether oxygens (including phenoxy) is 1. The van der Waals surface area contributed by atoms with E-state index in [-0.39, 0.29) is 18.4 Å². The van der Waals surface area contributed by atoms with Crippen molar-refractivity contribution in [3.8, 4) is 5.75 Å². The van der Waals surface area contributed by atoms with Crippen LogP contribution in [0.15, 0.2) is 75.7 Å². The number of amides is 2. The van der Waals surface area contributed by atoms with Crippen LogP contribution < -0.4 is 10.1 Å². The molecule has 0 aromatic heterocycles. The Balaban J connectivity index is 1.90. The number of nitrogens with zero attached hydrogens (tertiary/aromatic N) is 1. The largest absolute Gasteiger partial charge is 0.484 e. The molecule has 190 valence electrons. The van der Waals surface area contributed by atoms with Crippen LogP contribution in [0.1, 0.15) is 35.6 Å². The van der Waals surface area contributed by atoms with Gasteiger partial charge in [0.25, 0.3) is 5.91 Å². The number of aryl methyl sites for hydroxylation is 2. The number of halogens is 2. The van der Waals surface area contributed by atoms with Crippen LogP contribution >= 0.6 is 31.9 Å². The summed E-state index contributed by atoms with van der Waals surface area (Å²) >= 11 is 7.03. The molecular weight excluding hydrogens is 584 g/mol. The normalized spacial score (nSPS) is 11.6. The van der Waals surface area contributed by atoms with Crippen LogP contribution in [-0.4, -0.2) is 35.9 Å². The zero-order valence-electron chi connectivity index (χ0n) is 20.9. The SMILES string of the molecule is CCCNC(=O)[C@H](Cc1ccccc1)N(Cc1ccc(Br)cc1)C(=O)COc1cc(C)c(Br)c(C)c1. The fraction of sp³-hybridized carbons (Fsp3) is 0.310. The Labute approximate surface area is 230 Å². The molecule has 0 radical (unpaired) electrons. The van der Waals surface area contributed by atoms with E-state index in [1.165, 1.54) is 0 Å². The Morgan fingerprint density at radius 1 is 0.944 bits per heavy atom. The van der Waals surface area contributed by atoms with Crippen molar-refractivity contribution in [3.63, 3.8) is 0 Å². The number of hydrogen-bond acceptors (Lipinski definition) is 3. The number of benzene rings is 3. The summed E-state index contributed by atoms with van der Waals surface area (Å²) in [6, 6.07) is 20.7. The number of carbonyl (C=O) groups is 2. The van der Waals surface area contributed by atoms with Crippen molar-refractivity contribution in [3.05, 3.63) is 97.9 Å². The summed E-state index contributed by atoms with van der Waals surface area (Å²) in [5.74, 6) is 0.213. The monoisotopic (exact) mass is 614 g/mol. The maximum absolute atomic E-state index is 13.6. The van der Waals surface area contributed by atoms with Gasteiger partial charge in [-0.1, -0.05) is 81.2 Å². The molecule has 0 saturated carbocycles. The standard InChI is InChI=1S/C29H32Br2N2O3/c1-4-14-32-29(35)26(17-22-8-6-5-7-9-22)33(18-23-10-12-24(30)13-11-23)27(34)19-36-25-15-20(2)28(31)21(3)16-25/h5-13,15-16,26H,4,14,17-19H2,1-3H3,(H,32,35)/t26-/m0/s1. The van der Waals surface area contributed by atoms with E-state index in [4.69, 9.17) is 4.74 Å². The van der Waals surface area contributed by atoms with Gasteiger partial charge in [0.05, 0.1) is 0 Å². The Bertz CT molecular complexity index is 1140. The van der Waals surface area contributed by atoms with E-state index in [1.54, 1.807) is 4.90 Å². The van der Waals surface area contributed by atoms with Crippen molar-refractivity contribution < 1.29 is 14.3 Å². The third kappa shape index (κ3) is 7.93. The predicted molar refractivity (Wildman–Crippen MR) is 151 cm³/mol. The fourth-order valence-corrected chi connectivity index (χ4v) is 4.42. The smallest absolute Gasteiger partial charge is 0.261 e. The molecule has 3 aromatic rings. The summed E-state index contributed by atoms with van der Waals surface area (Å²) in [7, 11) is 0. The minimum absolute atomic E-state index is 0.163. The zero-order valence-corrected chi connectivity index (χ0v) is 24.1. The quantitative estimate of drug-likeness (QED) is 0.273. The summed E-state index contributed by atoms with van der Waals surface area (Å²) in [5.41, 5.74) is 3.99. The van der Waals surface area contributed by atoms with Gasteiger partial charge in [-0.2, -0.15) is 0 Å². The van der Waals surface area contributed by atoms with Crippen LogP contribution in [0.25, 0.3) is 0 Å². The van der Waals surface area contributed by atoms with E-state index in [9.17, 15) is 9.59 Å². The van der Waals surface area contributed by atoms with E-state index in [0.29, 0.717) is 25.3 Å².